The van der Waals surface area contributed by atoms with Crippen molar-refractivity contribution >= 4 is 44.8 Å². The van der Waals surface area contributed by atoms with Crippen LogP contribution in [0.4, 0.5) is 0 Å². The summed E-state index contributed by atoms with van der Waals surface area (Å²) in [6.07, 6.45) is 1.40. The van der Waals surface area contributed by atoms with E-state index in [-0.39, 0.29) is 12.0 Å². The van der Waals surface area contributed by atoms with Crippen molar-refractivity contribution in [1.29, 1.82) is 0 Å². The summed E-state index contributed by atoms with van der Waals surface area (Å²) in [4.78, 5) is 14.8. The second-order valence-corrected chi connectivity index (χ2v) is 8.68. The minimum Gasteiger partial charge on any atom is -0.481 e. The number of carboxylic acid groups (broad SMARTS) is 1. The molecule has 0 aliphatic carbocycles. The maximum absolute atomic E-state index is 11.2. The molecule has 122 valence electrons. The van der Waals surface area contributed by atoms with Gasteiger partial charge in [-0.1, -0.05) is 23.7 Å². The van der Waals surface area contributed by atoms with E-state index in [4.69, 9.17) is 11.6 Å². The van der Waals surface area contributed by atoms with E-state index in [0.29, 0.717) is 12.8 Å². The zero-order valence-electron chi connectivity index (χ0n) is 12.4. The second kappa shape index (κ2) is 7.34. The maximum Gasteiger partial charge on any atom is 0.306 e. The molecule has 1 atom stereocenters. The van der Waals surface area contributed by atoms with Crippen LogP contribution < -0.4 is 0 Å². The summed E-state index contributed by atoms with van der Waals surface area (Å²) in [6.45, 7) is 1.58. The largest absolute Gasteiger partial charge is 0.481 e. The lowest BCUT2D eigenvalue weighted by molar-refractivity contribution is -0.143. The van der Waals surface area contributed by atoms with Gasteiger partial charge >= 0.3 is 5.97 Å². The standard InChI is InChI=1S/C17H17BrClNO2S/c18-15-6-5-14(23-15)16(11-1-3-13(19)4-2-11)20-9-7-12(8-10-20)17(21)22/h1-6,12,16H,7-10H2,(H,21,22). The molecule has 3 rings (SSSR count). The van der Waals surface area contributed by atoms with Crippen LogP contribution in [0.15, 0.2) is 40.2 Å². The third kappa shape index (κ3) is 3.97. The topological polar surface area (TPSA) is 40.5 Å². The number of aliphatic carboxylic acids is 1. The fourth-order valence-corrected chi connectivity index (χ4v) is 4.79. The first-order valence-electron chi connectivity index (χ1n) is 7.52. The van der Waals surface area contributed by atoms with Crippen LogP contribution in [-0.2, 0) is 4.79 Å². The van der Waals surface area contributed by atoms with Crippen LogP contribution in [0, 0.1) is 5.92 Å². The van der Waals surface area contributed by atoms with E-state index in [1.165, 1.54) is 10.4 Å². The Morgan fingerprint density at radius 1 is 1.22 bits per heavy atom. The Kier molecular flexibility index (Phi) is 5.42. The number of halogens is 2. The summed E-state index contributed by atoms with van der Waals surface area (Å²) in [5, 5.41) is 9.92. The van der Waals surface area contributed by atoms with Crippen molar-refractivity contribution in [3.05, 3.63) is 55.6 Å². The summed E-state index contributed by atoms with van der Waals surface area (Å²) in [6, 6.07) is 12.3. The van der Waals surface area contributed by atoms with E-state index in [1.807, 2.05) is 12.1 Å². The van der Waals surface area contributed by atoms with Gasteiger partial charge in [0, 0.05) is 9.90 Å². The average molecular weight is 415 g/mol. The van der Waals surface area contributed by atoms with Crippen LogP contribution in [0.1, 0.15) is 29.3 Å². The summed E-state index contributed by atoms with van der Waals surface area (Å²) in [5.41, 5.74) is 1.19. The summed E-state index contributed by atoms with van der Waals surface area (Å²) in [7, 11) is 0. The molecule has 0 amide bonds. The minimum atomic E-state index is -0.674. The lowest BCUT2D eigenvalue weighted by Crippen LogP contribution is -2.39. The van der Waals surface area contributed by atoms with Crippen LogP contribution >= 0.6 is 38.9 Å². The molecule has 0 radical (unpaired) electrons. The average Bonchev–Trinajstić information content (AvgIpc) is 2.96. The van der Waals surface area contributed by atoms with Crippen molar-refractivity contribution in [2.75, 3.05) is 13.1 Å². The molecule has 1 aromatic carbocycles. The van der Waals surface area contributed by atoms with Gasteiger partial charge in [0.2, 0.25) is 0 Å². The molecule has 3 nitrogen and oxygen atoms in total. The summed E-state index contributed by atoms with van der Waals surface area (Å²) < 4.78 is 1.10. The molecule has 0 bridgehead atoms. The number of piperidine rings is 1. The fraction of sp³-hybridized carbons (Fsp3) is 0.353. The van der Waals surface area contributed by atoms with E-state index >= 15 is 0 Å². The van der Waals surface area contributed by atoms with E-state index in [2.05, 4.69) is 45.1 Å². The Morgan fingerprint density at radius 3 is 2.39 bits per heavy atom. The molecule has 1 saturated heterocycles. The van der Waals surface area contributed by atoms with Gasteiger partial charge in [0.1, 0.15) is 0 Å². The SMILES string of the molecule is O=C(O)C1CCN(C(c2ccc(Cl)cc2)c2ccc(Br)s2)CC1. The maximum atomic E-state index is 11.2. The third-order valence-electron chi connectivity index (χ3n) is 4.29. The van der Waals surface area contributed by atoms with E-state index in [0.717, 1.165) is 21.9 Å². The Morgan fingerprint density at radius 2 is 1.87 bits per heavy atom. The van der Waals surface area contributed by atoms with Gasteiger partial charge in [-0.05, 0) is 71.7 Å². The van der Waals surface area contributed by atoms with Crippen LogP contribution in [0.25, 0.3) is 0 Å². The van der Waals surface area contributed by atoms with Gasteiger partial charge in [0.15, 0.2) is 0 Å². The van der Waals surface area contributed by atoms with Crippen molar-refractivity contribution in [3.8, 4) is 0 Å². The molecule has 0 spiro atoms. The highest BCUT2D eigenvalue weighted by Crippen LogP contribution is 2.37. The lowest BCUT2D eigenvalue weighted by atomic mass is 9.94. The zero-order chi connectivity index (χ0) is 16.4. The predicted molar refractivity (Wildman–Crippen MR) is 97.2 cm³/mol. The van der Waals surface area contributed by atoms with Gasteiger partial charge in [-0.15, -0.1) is 11.3 Å². The third-order valence-corrected chi connectivity index (χ3v) is 6.22. The van der Waals surface area contributed by atoms with Crippen LogP contribution in [0.5, 0.6) is 0 Å². The number of carboxylic acids is 1. The number of benzene rings is 1. The molecule has 1 aliphatic heterocycles. The highest BCUT2D eigenvalue weighted by Gasteiger charge is 2.30. The Hall–Kier alpha value is -0.880. The molecular weight excluding hydrogens is 398 g/mol. The van der Waals surface area contributed by atoms with E-state index in [1.54, 1.807) is 11.3 Å². The summed E-state index contributed by atoms with van der Waals surface area (Å²) >= 11 is 11.3. The van der Waals surface area contributed by atoms with Crippen molar-refractivity contribution in [3.63, 3.8) is 0 Å². The van der Waals surface area contributed by atoms with Gasteiger partial charge < -0.3 is 5.11 Å². The molecule has 2 heterocycles. The summed E-state index contributed by atoms with van der Waals surface area (Å²) in [5.74, 6) is -0.890. The molecular formula is C17H17BrClNO2S. The van der Waals surface area contributed by atoms with Crippen LogP contribution in [-0.4, -0.2) is 29.1 Å². The lowest BCUT2D eigenvalue weighted by Gasteiger charge is -2.36. The zero-order valence-corrected chi connectivity index (χ0v) is 15.6. The molecule has 1 aliphatic rings. The number of thiophene rings is 1. The monoisotopic (exact) mass is 413 g/mol. The number of carbonyl (C=O) groups is 1. The van der Waals surface area contributed by atoms with Crippen LogP contribution in [0.3, 0.4) is 0 Å². The van der Waals surface area contributed by atoms with Gasteiger partial charge in [-0.25, -0.2) is 0 Å². The first-order chi connectivity index (χ1) is 11.0. The highest BCUT2D eigenvalue weighted by atomic mass is 79.9. The van der Waals surface area contributed by atoms with Crippen molar-refractivity contribution < 1.29 is 9.90 Å². The molecule has 0 saturated carbocycles. The number of hydrogen-bond donors (Lipinski definition) is 1. The number of likely N-dealkylation sites (tertiary alicyclic amines) is 1. The molecule has 1 N–H and O–H groups in total. The normalized spacial score (nSPS) is 18.0. The first kappa shape index (κ1) is 17.0. The molecule has 23 heavy (non-hydrogen) atoms. The second-order valence-electron chi connectivity index (χ2n) is 5.74. The van der Waals surface area contributed by atoms with Crippen molar-refractivity contribution in [2.24, 2.45) is 5.92 Å². The van der Waals surface area contributed by atoms with E-state index < -0.39 is 5.97 Å². The Balaban J connectivity index is 1.87. The van der Waals surface area contributed by atoms with E-state index in [9.17, 15) is 9.90 Å². The van der Waals surface area contributed by atoms with Crippen molar-refractivity contribution in [2.45, 2.75) is 18.9 Å². The quantitative estimate of drug-likeness (QED) is 0.761. The van der Waals surface area contributed by atoms with Gasteiger partial charge in [0.05, 0.1) is 15.7 Å². The first-order valence-corrected chi connectivity index (χ1v) is 9.51. The molecule has 1 fully saturated rings. The predicted octanol–water partition coefficient (Wildman–Crippen LogP) is 5.05. The van der Waals surface area contributed by atoms with Gasteiger partial charge in [-0.2, -0.15) is 0 Å². The van der Waals surface area contributed by atoms with Gasteiger partial charge in [-0.3, -0.25) is 9.69 Å². The minimum absolute atomic E-state index is 0.151. The van der Waals surface area contributed by atoms with Crippen LogP contribution in [0.2, 0.25) is 5.02 Å². The Bertz CT molecular complexity index is 680. The number of nitrogens with zero attached hydrogens (tertiary/aromatic N) is 1. The van der Waals surface area contributed by atoms with Crippen molar-refractivity contribution in [1.82, 2.24) is 4.90 Å². The molecule has 6 heteroatoms. The number of hydrogen-bond acceptors (Lipinski definition) is 3. The highest BCUT2D eigenvalue weighted by molar-refractivity contribution is 9.11. The number of rotatable bonds is 4. The smallest absolute Gasteiger partial charge is 0.306 e. The fourth-order valence-electron chi connectivity index (χ4n) is 3.08. The molecule has 2 aromatic rings. The Labute approximate surface area is 153 Å². The molecule has 1 unspecified atom stereocenters. The van der Waals surface area contributed by atoms with Gasteiger partial charge in [0.25, 0.3) is 0 Å². The molecule has 1 aromatic heterocycles.